The van der Waals surface area contributed by atoms with E-state index in [1.54, 1.807) is 30.3 Å². The highest BCUT2D eigenvalue weighted by molar-refractivity contribution is 6.34. The zero-order chi connectivity index (χ0) is 24.6. The smallest absolute Gasteiger partial charge is 0.336 e. The minimum atomic E-state index is -1.18. The Hall–Kier alpha value is -3.71. The molecule has 0 aliphatic heterocycles. The number of Topliss-reactive ketones (excluding diaryl/α,β-unsaturated/α-hetero) is 1. The van der Waals surface area contributed by atoms with Crippen LogP contribution in [0.25, 0.3) is 33.5 Å². The average Bonchev–Trinajstić information content (AvgIpc) is 3.20. The first-order valence-corrected chi connectivity index (χ1v) is 11.0. The molecule has 3 aromatic carbocycles. The van der Waals surface area contributed by atoms with Crippen LogP contribution in [0.1, 0.15) is 41.0 Å². The number of carbonyl (C=O) groups is 2. The second-order valence-electron chi connectivity index (χ2n) is 8.34. The monoisotopic (exact) mass is 480 g/mol. The molecule has 0 fully saturated rings. The van der Waals surface area contributed by atoms with Gasteiger partial charge in [-0.3, -0.25) is 4.79 Å². The number of aromatic nitrogens is 2. The Morgan fingerprint density at radius 1 is 1.15 bits per heavy atom. The van der Waals surface area contributed by atoms with E-state index in [0.717, 1.165) is 0 Å². The number of fused-ring (bicyclic) bond motifs is 1. The minimum Gasteiger partial charge on any atom is -0.494 e. The molecule has 0 saturated carbocycles. The van der Waals surface area contributed by atoms with Crippen molar-refractivity contribution in [3.8, 4) is 28.3 Å². The van der Waals surface area contributed by atoms with E-state index in [-0.39, 0.29) is 23.0 Å². The molecule has 0 radical (unpaired) electrons. The van der Waals surface area contributed by atoms with Crippen LogP contribution in [0.4, 0.5) is 4.39 Å². The first-order chi connectivity index (χ1) is 16.2. The van der Waals surface area contributed by atoms with E-state index in [1.807, 2.05) is 13.8 Å². The molecule has 34 heavy (non-hydrogen) atoms. The molecule has 4 aromatic rings. The number of benzene rings is 3. The standard InChI is InChI=1S/C26H22ClFN2O4/c1-13(2)9-22(31)14-7-8-15(17(10-14)26(32)33)24-16(5-4-6-18(24)27)25-29-20-11-19(28)23(34-3)12-21(20)30-25/h4-8,10-13H,9H2,1-3H3,(H,29,30)(H,32,33). The molecule has 0 atom stereocenters. The molecular weight excluding hydrogens is 459 g/mol. The second-order valence-corrected chi connectivity index (χ2v) is 8.75. The van der Waals surface area contributed by atoms with Crippen LogP contribution in [0, 0.1) is 11.7 Å². The molecule has 0 saturated heterocycles. The molecule has 1 aromatic heterocycles. The zero-order valence-electron chi connectivity index (χ0n) is 18.8. The summed E-state index contributed by atoms with van der Waals surface area (Å²) in [5, 5.41) is 10.2. The fourth-order valence-electron chi connectivity index (χ4n) is 3.89. The number of H-pyrrole nitrogens is 1. The number of aromatic carboxylic acids is 1. The SMILES string of the molecule is COc1cc2nc(-c3cccc(Cl)c3-c3ccc(C(=O)CC(C)C)cc3C(=O)O)[nH]c2cc1F. The van der Waals surface area contributed by atoms with Crippen molar-refractivity contribution in [2.75, 3.05) is 7.11 Å². The van der Waals surface area contributed by atoms with Crippen molar-refractivity contribution in [1.82, 2.24) is 9.97 Å². The maximum absolute atomic E-state index is 14.2. The fraction of sp³-hybridized carbons (Fsp3) is 0.192. The number of nitrogens with one attached hydrogen (secondary N) is 1. The molecule has 8 heteroatoms. The highest BCUT2D eigenvalue weighted by Crippen LogP contribution is 2.39. The van der Waals surface area contributed by atoms with Crippen LogP contribution in [0.15, 0.2) is 48.5 Å². The number of hydrogen-bond donors (Lipinski definition) is 2. The van der Waals surface area contributed by atoms with Crippen LogP contribution in [0.3, 0.4) is 0 Å². The van der Waals surface area contributed by atoms with Crippen LogP contribution in [0.5, 0.6) is 5.75 Å². The number of halogens is 2. The number of aromatic amines is 1. The summed E-state index contributed by atoms with van der Waals surface area (Å²) >= 11 is 6.55. The van der Waals surface area contributed by atoms with E-state index >= 15 is 0 Å². The van der Waals surface area contributed by atoms with Crippen molar-refractivity contribution in [3.05, 3.63) is 70.5 Å². The van der Waals surface area contributed by atoms with E-state index < -0.39 is 11.8 Å². The lowest BCUT2D eigenvalue weighted by Gasteiger charge is -2.14. The summed E-state index contributed by atoms with van der Waals surface area (Å²) in [7, 11) is 1.37. The summed E-state index contributed by atoms with van der Waals surface area (Å²) in [6.45, 7) is 3.85. The van der Waals surface area contributed by atoms with Gasteiger partial charge in [-0.25, -0.2) is 14.2 Å². The topological polar surface area (TPSA) is 92.3 Å². The summed E-state index contributed by atoms with van der Waals surface area (Å²) in [5.74, 6) is -1.25. The highest BCUT2D eigenvalue weighted by Gasteiger charge is 2.22. The quantitative estimate of drug-likeness (QED) is 0.290. The highest BCUT2D eigenvalue weighted by atomic mass is 35.5. The molecule has 6 nitrogen and oxygen atoms in total. The van der Waals surface area contributed by atoms with E-state index in [2.05, 4.69) is 9.97 Å². The largest absolute Gasteiger partial charge is 0.494 e. The minimum absolute atomic E-state index is 0.0484. The van der Waals surface area contributed by atoms with E-state index in [4.69, 9.17) is 16.3 Å². The predicted molar refractivity (Wildman–Crippen MR) is 129 cm³/mol. The van der Waals surface area contributed by atoms with Gasteiger partial charge >= 0.3 is 5.97 Å². The van der Waals surface area contributed by atoms with Gasteiger partial charge in [0, 0.05) is 40.3 Å². The lowest BCUT2D eigenvalue weighted by molar-refractivity contribution is 0.0697. The number of ether oxygens (including phenoxy) is 1. The lowest BCUT2D eigenvalue weighted by Crippen LogP contribution is -2.07. The Bertz CT molecular complexity index is 1430. The van der Waals surface area contributed by atoms with Gasteiger partial charge in [0.1, 0.15) is 5.82 Å². The Morgan fingerprint density at radius 3 is 2.59 bits per heavy atom. The number of rotatable bonds is 7. The van der Waals surface area contributed by atoms with E-state index in [1.165, 1.54) is 25.3 Å². The van der Waals surface area contributed by atoms with Crippen LogP contribution in [0.2, 0.25) is 5.02 Å². The maximum atomic E-state index is 14.2. The number of hydrogen-bond acceptors (Lipinski definition) is 4. The summed E-state index contributed by atoms with van der Waals surface area (Å²) in [4.78, 5) is 32.3. The Labute approximate surface area is 200 Å². The van der Waals surface area contributed by atoms with Crippen LogP contribution in [-0.2, 0) is 0 Å². The Balaban J connectivity index is 1.90. The van der Waals surface area contributed by atoms with Gasteiger partial charge in [-0.05, 0) is 23.6 Å². The maximum Gasteiger partial charge on any atom is 0.336 e. The third kappa shape index (κ3) is 4.39. The molecule has 0 bridgehead atoms. The van der Waals surface area contributed by atoms with Crippen LogP contribution >= 0.6 is 11.6 Å². The molecule has 0 amide bonds. The van der Waals surface area contributed by atoms with Gasteiger partial charge in [0.05, 0.1) is 23.7 Å². The summed E-state index contributed by atoms with van der Waals surface area (Å²) in [5.41, 5.74) is 2.53. The molecule has 4 rings (SSSR count). The van der Waals surface area contributed by atoms with Crippen molar-refractivity contribution >= 4 is 34.4 Å². The molecule has 1 heterocycles. The van der Waals surface area contributed by atoms with Crippen LogP contribution < -0.4 is 4.74 Å². The van der Waals surface area contributed by atoms with Gasteiger partial charge in [-0.15, -0.1) is 0 Å². The third-order valence-electron chi connectivity index (χ3n) is 5.46. The normalized spacial score (nSPS) is 11.2. The average molecular weight is 481 g/mol. The lowest BCUT2D eigenvalue weighted by atomic mass is 9.91. The predicted octanol–water partition coefficient (Wildman–Crippen LogP) is 6.63. The number of ketones is 1. The first kappa shape index (κ1) is 23.4. The van der Waals surface area contributed by atoms with Gasteiger partial charge in [-0.1, -0.05) is 49.7 Å². The Morgan fingerprint density at radius 2 is 1.91 bits per heavy atom. The van der Waals surface area contributed by atoms with Gasteiger partial charge in [0.15, 0.2) is 17.3 Å². The zero-order valence-corrected chi connectivity index (χ0v) is 19.5. The number of carboxylic acid groups (broad SMARTS) is 1. The molecule has 0 unspecified atom stereocenters. The summed E-state index contributed by atoms with van der Waals surface area (Å²) in [6, 6.07) is 12.5. The van der Waals surface area contributed by atoms with Gasteiger partial charge in [0.2, 0.25) is 0 Å². The van der Waals surface area contributed by atoms with Crippen molar-refractivity contribution in [3.63, 3.8) is 0 Å². The van der Waals surface area contributed by atoms with Gasteiger partial charge < -0.3 is 14.8 Å². The third-order valence-corrected chi connectivity index (χ3v) is 5.77. The summed E-state index contributed by atoms with van der Waals surface area (Å²) < 4.78 is 19.2. The molecule has 0 spiro atoms. The van der Waals surface area contributed by atoms with Gasteiger partial charge in [-0.2, -0.15) is 0 Å². The van der Waals surface area contributed by atoms with Crippen molar-refractivity contribution in [2.24, 2.45) is 5.92 Å². The van der Waals surface area contributed by atoms with Crippen molar-refractivity contribution in [2.45, 2.75) is 20.3 Å². The van der Waals surface area contributed by atoms with E-state index in [0.29, 0.717) is 50.6 Å². The molecule has 174 valence electrons. The summed E-state index contributed by atoms with van der Waals surface area (Å²) in [6.07, 6.45) is 0.314. The molecular formula is C26H22ClFN2O4. The number of carbonyl (C=O) groups excluding carboxylic acids is 1. The van der Waals surface area contributed by atoms with E-state index in [9.17, 15) is 19.1 Å². The fourth-order valence-corrected chi connectivity index (χ4v) is 4.17. The molecule has 0 aliphatic carbocycles. The molecule has 2 N–H and O–H groups in total. The van der Waals surface area contributed by atoms with Crippen molar-refractivity contribution < 1.29 is 23.8 Å². The number of nitrogens with zero attached hydrogens (tertiary/aromatic N) is 1. The van der Waals surface area contributed by atoms with Gasteiger partial charge in [0.25, 0.3) is 0 Å². The first-order valence-electron chi connectivity index (χ1n) is 10.6. The number of carboxylic acids is 1. The number of imidazole rings is 1. The number of methoxy groups -OCH3 is 1. The Kier molecular flexibility index (Phi) is 6.39. The second kappa shape index (κ2) is 9.27. The molecule has 0 aliphatic rings. The van der Waals surface area contributed by atoms with Crippen LogP contribution in [-0.4, -0.2) is 33.9 Å². The van der Waals surface area contributed by atoms with Crippen molar-refractivity contribution in [1.29, 1.82) is 0 Å².